The fourth-order valence-corrected chi connectivity index (χ4v) is 3.80. The van der Waals surface area contributed by atoms with Gasteiger partial charge in [-0.15, -0.1) is 0 Å². The van der Waals surface area contributed by atoms with Crippen LogP contribution in [0.3, 0.4) is 0 Å². The fraction of sp³-hybridized carbons (Fsp3) is 0.400. The third-order valence-corrected chi connectivity index (χ3v) is 6.18. The second-order valence-corrected chi connectivity index (χ2v) is 8.60. The molecular formula is C25H29ClN2O4. The van der Waals surface area contributed by atoms with Crippen molar-refractivity contribution in [3.8, 4) is 0 Å². The van der Waals surface area contributed by atoms with Gasteiger partial charge in [0.15, 0.2) is 6.61 Å². The standard InChI is InChI=1S/C25H29ClN2O4/c1-3-17(2)18-6-10-22(11-7-18)27-23(29)16-32-25(31)20-12-14-28(15-13-20)24(30)19-4-8-21(26)9-5-19/h4-11,17,20H,3,12-16H2,1-2H3,(H,27,29)/t17-/m0/s1. The molecule has 32 heavy (non-hydrogen) atoms. The van der Waals surface area contributed by atoms with Gasteiger partial charge in [-0.25, -0.2) is 0 Å². The summed E-state index contributed by atoms with van der Waals surface area (Å²) in [4.78, 5) is 38.8. The summed E-state index contributed by atoms with van der Waals surface area (Å²) in [7, 11) is 0. The lowest BCUT2D eigenvalue weighted by Gasteiger charge is -2.31. The number of likely N-dealkylation sites (tertiary alicyclic amines) is 1. The Morgan fingerprint density at radius 3 is 2.28 bits per heavy atom. The highest BCUT2D eigenvalue weighted by molar-refractivity contribution is 6.30. The molecule has 7 heteroatoms. The molecule has 1 aliphatic rings. The highest BCUT2D eigenvalue weighted by Gasteiger charge is 2.29. The van der Waals surface area contributed by atoms with Crippen molar-refractivity contribution in [2.45, 2.75) is 39.0 Å². The van der Waals surface area contributed by atoms with Crippen LogP contribution in [0.25, 0.3) is 0 Å². The molecule has 1 atom stereocenters. The van der Waals surface area contributed by atoms with Gasteiger partial charge >= 0.3 is 5.97 Å². The predicted molar refractivity (Wildman–Crippen MR) is 125 cm³/mol. The summed E-state index contributed by atoms with van der Waals surface area (Å²) in [5.41, 5.74) is 2.47. The van der Waals surface area contributed by atoms with Crippen LogP contribution in [0.1, 0.15) is 54.9 Å². The van der Waals surface area contributed by atoms with Crippen LogP contribution in [0, 0.1) is 5.92 Å². The average Bonchev–Trinajstić information content (AvgIpc) is 2.82. The maximum atomic E-state index is 12.6. The topological polar surface area (TPSA) is 75.7 Å². The van der Waals surface area contributed by atoms with E-state index < -0.39 is 5.97 Å². The van der Waals surface area contributed by atoms with E-state index in [0.29, 0.717) is 48.1 Å². The summed E-state index contributed by atoms with van der Waals surface area (Å²) in [5, 5.41) is 3.33. The smallest absolute Gasteiger partial charge is 0.309 e. The number of ether oxygens (including phenoxy) is 1. The lowest BCUT2D eigenvalue weighted by molar-refractivity contribution is -0.152. The van der Waals surface area contributed by atoms with Crippen LogP contribution in [0.15, 0.2) is 48.5 Å². The van der Waals surface area contributed by atoms with Gasteiger partial charge in [-0.1, -0.05) is 37.6 Å². The normalized spacial score (nSPS) is 15.2. The van der Waals surface area contributed by atoms with Crippen molar-refractivity contribution in [1.29, 1.82) is 0 Å². The van der Waals surface area contributed by atoms with E-state index in [1.165, 1.54) is 5.56 Å². The Bertz CT molecular complexity index is 935. The first-order chi connectivity index (χ1) is 15.4. The lowest BCUT2D eigenvalue weighted by Crippen LogP contribution is -2.41. The molecule has 0 aromatic heterocycles. The number of piperidine rings is 1. The van der Waals surface area contributed by atoms with Gasteiger partial charge in [-0.3, -0.25) is 14.4 Å². The monoisotopic (exact) mass is 456 g/mol. The number of nitrogens with one attached hydrogen (secondary N) is 1. The molecule has 170 valence electrons. The van der Waals surface area contributed by atoms with E-state index in [-0.39, 0.29) is 24.3 Å². The maximum Gasteiger partial charge on any atom is 0.309 e. The zero-order valence-electron chi connectivity index (χ0n) is 18.5. The Labute approximate surface area is 193 Å². The average molecular weight is 457 g/mol. The van der Waals surface area contributed by atoms with Gasteiger partial charge < -0.3 is 15.0 Å². The minimum Gasteiger partial charge on any atom is -0.455 e. The summed E-state index contributed by atoms with van der Waals surface area (Å²) in [6.07, 6.45) is 2.07. The van der Waals surface area contributed by atoms with E-state index in [4.69, 9.17) is 16.3 Å². The predicted octanol–water partition coefficient (Wildman–Crippen LogP) is 4.89. The summed E-state index contributed by atoms with van der Waals surface area (Å²) in [6.45, 7) is 4.91. The number of carbonyl (C=O) groups excluding carboxylic acids is 3. The van der Waals surface area contributed by atoms with Gasteiger partial charge in [-0.2, -0.15) is 0 Å². The third-order valence-electron chi connectivity index (χ3n) is 5.93. The van der Waals surface area contributed by atoms with Crippen LogP contribution in [0.2, 0.25) is 5.02 Å². The van der Waals surface area contributed by atoms with E-state index in [1.54, 1.807) is 29.2 Å². The van der Waals surface area contributed by atoms with Gasteiger partial charge in [-0.05, 0) is 67.1 Å². The Balaban J connectivity index is 1.41. The van der Waals surface area contributed by atoms with E-state index in [0.717, 1.165) is 6.42 Å². The molecule has 0 unspecified atom stereocenters. The number of nitrogens with zero attached hydrogens (tertiary/aromatic N) is 1. The van der Waals surface area contributed by atoms with E-state index in [9.17, 15) is 14.4 Å². The number of hydrogen-bond acceptors (Lipinski definition) is 4. The number of anilines is 1. The molecule has 0 aliphatic carbocycles. The van der Waals surface area contributed by atoms with E-state index in [2.05, 4.69) is 19.2 Å². The number of carbonyl (C=O) groups is 3. The zero-order valence-corrected chi connectivity index (χ0v) is 19.2. The molecule has 1 heterocycles. The highest BCUT2D eigenvalue weighted by atomic mass is 35.5. The van der Waals surface area contributed by atoms with Crippen LogP contribution in [-0.4, -0.2) is 42.4 Å². The molecule has 2 amide bonds. The van der Waals surface area contributed by atoms with Crippen LogP contribution in [0.5, 0.6) is 0 Å². The van der Waals surface area contributed by atoms with Crippen molar-refractivity contribution < 1.29 is 19.1 Å². The van der Waals surface area contributed by atoms with Crippen molar-refractivity contribution in [3.05, 3.63) is 64.7 Å². The van der Waals surface area contributed by atoms with E-state index in [1.807, 2.05) is 24.3 Å². The van der Waals surface area contributed by atoms with Crippen LogP contribution >= 0.6 is 11.6 Å². The molecule has 2 aromatic rings. The second-order valence-electron chi connectivity index (χ2n) is 8.16. The number of amides is 2. The van der Waals surface area contributed by atoms with Crippen molar-refractivity contribution >= 4 is 35.1 Å². The van der Waals surface area contributed by atoms with Gasteiger partial charge in [0.25, 0.3) is 11.8 Å². The van der Waals surface area contributed by atoms with Crippen LogP contribution in [0.4, 0.5) is 5.69 Å². The molecule has 0 spiro atoms. The first-order valence-corrected chi connectivity index (χ1v) is 11.4. The number of rotatable bonds is 7. The Morgan fingerprint density at radius 1 is 1.06 bits per heavy atom. The van der Waals surface area contributed by atoms with Crippen molar-refractivity contribution in [1.82, 2.24) is 4.90 Å². The van der Waals surface area contributed by atoms with Gasteiger partial charge in [0.2, 0.25) is 0 Å². The molecule has 1 N–H and O–H groups in total. The van der Waals surface area contributed by atoms with Gasteiger partial charge in [0, 0.05) is 29.4 Å². The highest BCUT2D eigenvalue weighted by Crippen LogP contribution is 2.22. The Hall–Kier alpha value is -2.86. The molecule has 2 aromatic carbocycles. The van der Waals surface area contributed by atoms with Crippen molar-refractivity contribution in [2.75, 3.05) is 25.0 Å². The van der Waals surface area contributed by atoms with Crippen molar-refractivity contribution in [2.24, 2.45) is 5.92 Å². The summed E-state index contributed by atoms with van der Waals surface area (Å²) in [5.74, 6) is -0.691. The van der Waals surface area contributed by atoms with Crippen molar-refractivity contribution in [3.63, 3.8) is 0 Å². The molecule has 0 bridgehead atoms. The molecule has 1 aliphatic heterocycles. The third kappa shape index (κ3) is 6.33. The first kappa shape index (κ1) is 23.8. The van der Waals surface area contributed by atoms with Crippen LogP contribution < -0.4 is 5.32 Å². The second kappa shape index (κ2) is 11.1. The summed E-state index contributed by atoms with van der Waals surface area (Å²) < 4.78 is 5.22. The largest absolute Gasteiger partial charge is 0.455 e. The summed E-state index contributed by atoms with van der Waals surface area (Å²) in [6, 6.07) is 14.5. The number of benzene rings is 2. The summed E-state index contributed by atoms with van der Waals surface area (Å²) >= 11 is 5.87. The zero-order chi connectivity index (χ0) is 23.1. The first-order valence-electron chi connectivity index (χ1n) is 11.0. The molecular weight excluding hydrogens is 428 g/mol. The van der Waals surface area contributed by atoms with Gasteiger partial charge in [0.1, 0.15) is 0 Å². The number of halogens is 1. The molecule has 3 rings (SSSR count). The SMILES string of the molecule is CC[C@H](C)c1ccc(NC(=O)COC(=O)C2CCN(C(=O)c3ccc(Cl)cc3)CC2)cc1. The molecule has 1 fully saturated rings. The minimum atomic E-state index is -0.397. The fourth-order valence-electron chi connectivity index (χ4n) is 3.68. The van der Waals surface area contributed by atoms with Crippen LogP contribution in [-0.2, 0) is 14.3 Å². The Kier molecular flexibility index (Phi) is 8.28. The molecule has 1 saturated heterocycles. The maximum absolute atomic E-state index is 12.6. The van der Waals surface area contributed by atoms with Gasteiger partial charge in [0.05, 0.1) is 5.92 Å². The molecule has 0 radical (unpaired) electrons. The minimum absolute atomic E-state index is 0.0767. The van der Waals surface area contributed by atoms with E-state index >= 15 is 0 Å². The molecule has 6 nitrogen and oxygen atoms in total. The Morgan fingerprint density at radius 2 is 1.69 bits per heavy atom. The quantitative estimate of drug-likeness (QED) is 0.602. The lowest BCUT2D eigenvalue weighted by atomic mass is 9.96. The number of hydrogen-bond donors (Lipinski definition) is 1. The number of esters is 1. The molecule has 0 saturated carbocycles.